The Kier molecular flexibility index (Phi) is 10.2. The van der Waals surface area contributed by atoms with Crippen molar-refractivity contribution in [3.05, 3.63) is 81.4 Å². The molecule has 0 fully saturated rings. The van der Waals surface area contributed by atoms with Gasteiger partial charge in [0.1, 0.15) is 17.1 Å². The smallest absolute Gasteiger partial charge is 0.507 e. The van der Waals surface area contributed by atoms with Crippen LogP contribution in [0, 0.1) is 0 Å². The third kappa shape index (κ3) is 6.64. The van der Waals surface area contributed by atoms with Crippen molar-refractivity contribution in [2.75, 3.05) is 0 Å². The Morgan fingerprint density at radius 1 is 0.800 bits per heavy atom. The van der Waals surface area contributed by atoms with Crippen LogP contribution in [-0.4, -0.2) is 44.3 Å². The second-order valence-corrected chi connectivity index (χ2v) is 7.77. The van der Waals surface area contributed by atoms with Crippen molar-refractivity contribution in [1.29, 1.82) is 0 Å². The summed E-state index contributed by atoms with van der Waals surface area (Å²) in [6.45, 7) is 7.77. The number of benzene rings is 2. The van der Waals surface area contributed by atoms with Crippen molar-refractivity contribution < 1.29 is 20.1 Å². The van der Waals surface area contributed by atoms with Crippen LogP contribution in [0.5, 0.6) is 11.5 Å². The monoisotopic (exact) mass is 418 g/mol. The molecule has 0 saturated carbocycles. The summed E-state index contributed by atoms with van der Waals surface area (Å²) >= 11 is 0. The first kappa shape index (κ1) is 25.8. The van der Waals surface area contributed by atoms with Crippen molar-refractivity contribution in [2.24, 2.45) is 0 Å². The molecular weight excluding hydrogens is 389 g/mol. The van der Waals surface area contributed by atoms with Crippen LogP contribution >= 0.6 is 0 Å². The maximum absolute atomic E-state index is 12.1. The molecule has 5 heteroatoms. The zero-order valence-corrected chi connectivity index (χ0v) is 19.7. The first-order valence-electron chi connectivity index (χ1n) is 9.84. The normalized spacial score (nSPS) is 10.1. The number of hydrogen-bond donors (Lipinski definition) is 3. The SMILES string of the molecule is CC(C)=CCc1c(O)c(CC=C(C)C)c(CCc2ccccc2)c(C(=O)O)c1O.[Mg+2]. The van der Waals surface area contributed by atoms with E-state index in [1.807, 2.05) is 70.2 Å². The number of aryl methyl sites for hydroxylation is 1. The first-order valence-corrected chi connectivity index (χ1v) is 9.84. The molecule has 0 radical (unpaired) electrons. The van der Waals surface area contributed by atoms with E-state index in [0.717, 1.165) is 16.7 Å². The third-order valence-corrected chi connectivity index (χ3v) is 4.91. The Morgan fingerprint density at radius 2 is 1.33 bits per heavy atom. The van der Waals surface area contributed by atoms with Crippen molar-refractivity contribution in [2.45, 2.75) is 53.4 Å². The third-order valence-electron chi connectivity index (χ3n) is 4.91. The predicted molar refractivity (Wildman–Crippen MR) is 123 cm³/mol. The molecule has 0 amide bonds. The zero-order valence-electron chi connectivity index (χ0n) is 18.3. The molecule has 4 nitrogen and oxygen atoms in total. The number of phenols is 2. The Labute approximate surface area is 195 Å². The maximum atomic E-state index is 12.1. The molecule has 0 spiro atoms. The average molecular weight is 419 g/mol. The molecular formula is C25H30MgO4+2. The van der Waals surface area contributed by atoms with Crippen LogP contribution in [0.1, 0.15) is 60.3 Å². The minimum absolute atomic E-state index is 0. The molecule has 0 aliphatic rings. The molecule has 0 atom stereocenters. The van der Waals surface area contributed by atoms with E-state index in [1.165, 1.54) is 0 Å². The minimum atomic E-state index is -1.18. The molecule has 0 aliphatic heterocycles. The van der Waals surface area contributed by atoms with Crippen LogP contribution in [-0.2, 0) is 25.7 Å². The van der Waals surface area contributed by atoms with Crippen molar-refractivity contribution in [3.8, 4) is 11.5 Å². The van der Waals surface area contributed by atoms with Gasteiger partial charge in [-0.15, -0.1) is 0 Å². The quantitative estimate of drug-likeness (QED) is 0.406. The topological polar surface area (TPSA) is 77.8 Å². The summed E-state index contributed by atoms with van der Waals surface area (Å²) in [6, 6.07) is 9.78. The van der Waals surface area contributed by atoms with Crippen LogP contribution in [0.3, 0.4) is 0 Å². The van der Waals surface area contributed by atoms with E-state index in [-0.39, 0.29) is 52.1 Å². The van der Waals surface area contributed by atoms with Gasteiger partial charge in [0, 0.05) is 11.1 Å². The van der Waals surface area contributed by atoms with Gasteiger partial charge in [-0.2, -0.15) is 0 Å². The molecule has 0 aliphatic carbocycles. The Bertz CT molecular complexity index is 936. The number of aromatic hydroxyl groups is 2. The second kappa shape index (κ2) is 11.8. The molecule has 2 aromatic carbocycles. The van der Waals surface area contributed by atoms with Crippen molar-refractivity contribution in [1.82, 2.24) is 0 Å². The summed E-state index contributed by atoms with van der Waals surface area (Å²) in [5.41, 5.74) is 4.42. The summed E-state index contributed by atoms with van der Waals surface area (Å²) in [7, 11) is 0. The van der Waals surface area contributed by atoms with Crippen LogP contribution in [0.2, 0.25) is 0 Å². The number of carbonyl (C=O) groups is 1. The van der Waals surface area contributed by atoms with Gasteiger partial charge in [-0.1, -0.05) is 53.6 Å². The molecule has 0 unspecified atom stereocenters. The van der Waals surface area contributed by atoms with Gasteiger partial charge in [-0.3, -0.25) is 0 Å². The predicted octanol–water partition coefficient (Wildman–Crippen LogP) is 5.22. The number of phenolic OH excluding ortho intramolecular Hbond substituents is 1. The van der Waals surface area contributed by atoms with Gasteiger partial charge in [0.2, 0.25) is 0 Å². The number of aromatic carboxylic acids is 1. The number of rotatable bonds is 8. The fourth-order valence-electron chi connectivity index (χ4n) is 3.33. The van der Waals surface area contributed by atoms with Crippen molar-refractivity contribution in [3.63, 3.8) is 0 Å². The Balaban J connectivity index is 0.00000450. The van der Waals surface area contributed by atoms with E-state index in [4.69, 9.17) is 0 Å². The summed E-state index contributed by atoms with van der Waals surface area (Å²) in [5, 5.41) is 31.6. The average Bonchev–Trinajstić information content (AvgIpc) is 2.65. The van der Waals surface area contributed by atoms with E-state index in [0.29, 0.717) is 30.4 Å². The summed E-state index contributed by atoms with van der Waals surface area (Å²) in [4.78, 5) is 12.1. The molecule has 154 valence electrons. The largest absolute Gasteiger partial charge is 2.00 e. The fourth-order valence-corrected chi connectivity index (χ4v) is 3.33. The van der Waals surface area contributed by atoms with Crippen LogP contribution in [0.15, 0.2) is 53.6 Å². The zero-order chi connectivity index (χ0) is 21.6. The van der Waals surface area contributed by atoms with E-state index in [1.54, 1.807) is 0 Å². The second-order valence-electron chi connectivity index (χ2n) is 7.77. The Morgan fingerprint density at radius 3 is 1.83 bits per heavy atom. The molecule has 3 N–H and O–H groups in total. The summed E-state index contributed by atoms with van der Waals surface area (Å²) < 4.78 is 0. The summed E-state index contributed by atoms with van der Waals surface area (Å²) in [5.74, 6) is -1.52. The van der Waals surface area contributed by atoms with Gasteiger partial charge >= 0.3 is 29.0 Å². The molecule has 2 aromatic rings. The van der Waals surface area contributed by atoms with Crippen LogP contribution in [0.4, 0.5) is 0 Å². The maximum Gasteiger partial charge on any atom is 2.00 e. The van der Waals surface area contributed by atoms with Crippen LogP contribution < -0.4 is 0 Å². The fraction of sp³-hybridized carbons (Fsp3) is 0.320. The molecule has 0 saturated heterocycles. The molecule has 0 heterocycles. The van der Waals surface area contributed by atoms with Gasteiger partial charge in [0.25, 0.3) is 0 Å². The molecule has 0 aromatic heterocycles. The van der Waals surface area contributed by atoms with Gasteiger partial charge in [0.05, 0.1) is 0 Å². The van der Waals surface area contributed by atoms with Gasteiger partial charge < -0.3 is 15.3 Å². The number of allylic oxidation sites excluding steroid dienone is 4. The molecule has 0 bridgehead atoms. The molecule has 30 heavy (non-hydrogen) atoms. The number of carboxylic acid groups (broad SMARTS) is 1. The first-order chi connectivity index (χ1) is 13.7. The minimum Gasteiger partial charge on any atom is -0.507 e. The summed E-state index contributed by atoms with van der Waals surface area (Å²) in [6.07, 6.45) is 5.57. The van der Waals surface area contributed by atoms with Crippen LogP contribution in [0.25, 0.3) is 0 Å². The van der Waals surface area contributed by atoms with Gasteiger partial charge in [-0.25, -0.2) is 4.79 Å². The number of hydrogen-bond acceptors (Lipinski definition) is 3. The van der Waals surface area contributed by atoms with E-state index >= 15 is 0 Å². The van der Waals surface area contributed by atoms with Gasteiger partial charge in [0.15, 0.2) is 0 Å². The van der Waals surface area contributed by atoms with E-state index in [2.05, 4.69) is 0 Å². The number of carboxylic acids is 1. The molecule has 2 rings (SSSR count). The van der Waals surface area contributed by atoms with E-state index in [9.17, 15) is 20.1 Å². The van der Waals surface area contributed by atoms with E-state index < -0.39 is 5.97 Å². The Hall–Kier alpha value is -2.24. The van der Waals surface area contributed by atoms with Crippen molar-refractivity contribution >= 4 is 29.0 Å². The van der Waals surface area contributed by atoms with Gasteiger partial charge in [-0.05, 0) is 64.5 Å². The standard InChI is InChI=1S/C25H30O4.Mg/c1-16(2)10-13-20-19(15-12-18-8-6-5-7-9-18)22(25(28)29)24(27)21(23(20)26)14-11-17(3)4;/h5-11,26-27H,12-15H2,1-4H3,(H,28,29);/q;+2.